The Morgan fingerprint density at radius 1 is 1.12 bits per heavy atom. The molecule has 1 atom stereocenters. The molecule has 0 unspecified atom stereocenters. The molecule has 0 bridgehead atoms. The molecular formula is C22H28N6O5S. The smallest absolute Gasteiger partial charge is 0.324 e. The average molecular weight is 489 g/mol. The molecule has 2 amide bonds. The lowest BCUT2D eigenvalue weighted by atomic mass is 10.1. The number of urea groups is 1. The van der Waals surface area contributed by atoms with Gasteiger partial charge in [0.05, 0.1) is 12.3 Å². The number of anilines is 3. The van der Waals surface area contributed by atoms with Crippen LogP contribution in [0.3, 0.4) is 0 Å². The van der Waals surface area contributed by atoms with E-state index in [9.17, 15) is 18.3 Å². The van der Waals surface area contributed by atoms with E-state index in [0.29, 0.717) is 40.2 Å². The van der Waals surface area contributed by atoms with E-state index in [0.717, 1.165) is 6.26 Å². The summed E-state index contributed by atoms with van der Waals surface area (Å²) in [5, 5.41) is 21.4. The summed E-state index contributed by atoms with van der Waals surface area (Å²) in [6.45, 7) is 6.52. The fourth-order valence-corrected chi connectivity index (χ4v) is 3.34. The minimum absolute atomic E-state index is 0.125. The Morgan fingerprint density at radius 3 is 2.35 bits per heavy atom. The van der Waals surface area contributed by atoms with E-state index in [2.05, 4.69) is 31.1 Å². The number of aliphatic hydroxyl groups excluding tert-OH is 1. The van der Waals surface area contributed by atoms with E-state index < -0.39 is 20.6 Å². The highest BCUT2D eigenvalue weighted by Crippen LogP contribution is 2.31. The summed E-state index contributed by atoms with van der Waals surface area (Å²) in [5.74, 6) is 1.56. The summed E-state index contributed by atoms with van der Waals surface area (Å²) >= 11 is 0. The Hall–Kier alpha value is -3.51. The van der Waals surface area contributed by atoms with Crippen LogP contribution in [0.1, 0.15) is 32.2 Å². The summed E-state index contributed by atoms with van der Waals surface area (Å²) in [5.41, 5.74) is 1.45. The van der Waals surface area contributed by atoms with E-state index in [1.807, 2.05) is 0 Å². The number of aryl methyl sites for hydroxylation is 1. The molecule has 1 aromatic carbocycles. The third-order valence-electron chi connectivity index (χ3n) is 5.21. The molecule has 0 saturated heterocycles. The van der Waals surface area contributed by atoms with Crippen LogP contribution in [0.15, 0.2) is 40.9 Å². The number of benzene rings is 1. The van der Waals surface area contributed by atoms with Crippen molar-refractivity contribution in [1.29, 1.82) is 0 Å². The molecule has 2 heterocycles. The number of hydrogen-bond acceptors (Lipinski definition) is 9. The van der Waals surface area contributed by atoms with Crippen molar-refractivity contribution in [1.82, 2.24) is 15.1 Å². The third kappa shape index (κ3) is 5.88. The zero-order valence-corrected chi connectivity index (χ0v) is 20.4. The number of sulfone groups is 1. The van der Waals surface area contributed by atoms with Crippen molar-refractivity contribution >= 4 is 33.2 Å². The van der Waals surface area contributed by atoms with Crippen LogP contribution < -0.4 is 16.0 Å². The molecule has 0 saturated carbocycles. The van der Waals surface area contributed by atoms with Crippen LogP contribution in [0.5, 0.6) is 0 Å². The van der Waals surface area contributed by atoms with E-state index in [-0.39, 0.29) is 12.6 Å². The Labute approximate surface area is 197 Å². The second-order valence-corrected chi connectivity index (χ2v) is 11.0. The molecule has 0 radical (unpaired) electrons. The molecule has 0 aliphatic heterocycles. The van der Waals surface area contributed by atoms with Crippen molar-refractivity contribution in [3.05, 3.63) is 47.9 Å². The Bertz CT molecular complexity index is 1270. The first-order valence-corrected chi connectivity index (χ1v) is 12.4. The van der Waals surface area contributed by atoms with Crippen LogP contribution in [0, 0.1) is 6.92 Å². The van der Waals surface area contributed by atoms with Gasteiger partial charge in [0.25, 0.3) is 0 Å². The standard InChI is InChI=1S/C22H28N6O5S/c1-13(12-29)23-18-11-17(22(3,4)34(5,31)32)25-20(26-18)15-6-8-16(9-7-15)24-21(30)27-19-10-14(2)33-28-19/h6-11,13,29H,12H2,1-5H3,(H,23,25,26)(H2,24,27,28,30)/t13-/m0/s1. The van der Waals surface area contributed by atoms with E-state index in [1.165, 1.54) is 0 Å². The summed E-state index contributed by atoms with van der Waals surface area (Å²) in [4.78, 5) is 21.2. The molecule has 3 rings (SSSR count). The van der Waals surface area contributed by atoms with Crippen LogP contribution in [0.4, 0.5) is 22.1 Å². The highest BCUT2D eigenvalue weighted by molar-refractivity contribution is 7.91. The first-order chi connectivity index (χ1) is 15.9. The third-order valence-corrected chi connectivity index (χ3v) is 7.27. The first-order valence-electron chi connectivity index (χ1n) is 10.5. The summed E-state index contributed by atoms with van der Waals surface area (Å²) in [7, 11) is -3.48. The van der Waals surface area contributed by atoms with Crippen LogP contribution in [-0.2, 0) is 14.6 Å². The number of carbonyl (C=O) groups excluding carboxylic acids is 1. The minimum atomic E-state index is -3.48. The molecule has 0 aliphatic carbocycles. The fraction of sp³-hybridized carbons (Fsp3) is 0.364. The highest BCUT2D eigenvalue weighted by atomic mass is 32.2. The molecular weight excluding hydrogens is 460 g/mol. The quantitative estimate of drug-likeness (QED) is 0.373. The van der Waals surface area contributed by atoms with Crippen molar-refractivity contribution < 1.29 is 22.8 Å². The molecule has 34 heavy (non-hydrogen) atoms. The number of aromatic nitrogens is 3. The molecule has 0 spiro atoms. The topological polar surface area (TPSA) is 159 Å². The van der Waals surface area contributed by atoms with E-state index in [4.69, 9.17) is 4.52 Å². The number of rotatable bonds is 8. The molecule has 2 aromatic heterocycles. The van der Waals surface area contributed by atoms with Crippen LogP contribution in [-0.4, -0.2) is 53.6 Å². The van der Waals surface area contributed by atoms with Crippen molar-refractivity contribution in [2.75, 3.05) is 28.8 Å². The zero-order valence-electron chi connectivity index (χ0n) is 19.6. The van der Waals surface area contributed by atoms with Gasteiger partial charge in [-0.1, -0.05) is 5.16 Å². The van der Waals surface area contributed by atoms with Gasteiger partial charge in [-0.05, 0) is 52.0 Å². The van der Waals surface area contributed by atoms with E-state index >= 15 is 0 Å². The zero-order chi connectivity index (χ0) is 25.1. The molecule has 4 N–H and O–H groups in total. The Balaban J connectivity index is 1.88. The first kappa shape index (κ1) is 25.1. The monoisotopic (exact) mass is 488 g/mol. The van der Waals surface area contributed by atoms with Gasteiger partial charge in [-0.3, -0.25) is 5.32 Å². The van der Waals surface area contributed by atoms with Crippen molar-refractivity contribution in [3.8, 4) is 11.4 Å². The van der Waals surface area contributed by atoms with Crippen molar-refractivity contribution in [3.63, 3.8) is 0 Å². The average Bonchev–Trinajstić information content (AvgIpc) is 3.17. The number of aliphatic hydroxyl groups is 1. The SMILES string of the molecule is Cc1cc(NC(=O)Nc2ccc(-c3nc(N[C@@H](C)CO)cc(C(C)(C)S(C)(=O)=O)n3)cc2)no1. The predicted molar refractivity (Wildman–Crippen MR) is 129 cm³/mol. The molecule has 12 heteroatoms. The number of hydrogen-bond donors (Lipinski definition) is 4. The van der Waals surface area contributed by atoms with Gasteiger partial charge in [0.2, 0.25) is 0 Å². The second kappa shape index (κ2) is 9.77. The molecule has 11 nitrogen and oxygen atoms in total. The van der Waals surface area contributed by atoms with Crippen molar-refractivity contribution in [2.45, 2.75) is 38.5 Å². The normalized spacial score (nSPS) is 12.8. The van der Waals surface area contributed by atoms with Crippen LogP contribution in [0.25, 0.3) is 11.4 Å². The maximum absolute atomic E-state index is 12.4. The lowest BCUT2D eigenvalue weighted by Gasteiger charge is -2.23. The maximum Gasteiger partial charge on any atom is 0.324 e. The molecule has 0 fully saturated rings. The molecule has 182 valence electrons. The summed E-state index contributed by atoms with van der Waals surface area (Å²) in [6, 6.07) is 9.14. The van der Waals surface area contributed by atoms with Gasteiger partial charge < -0.3 is 20.3 Å². The predicted octanol–water partition coefficient (Wildman–Crippen LogP) is 3.16. The second-order valence-electron chi connectivity index (χ2n) is 8.45. The number of nitrogens with zero attached hydrogens (tertiary/aromatic N) is 3. The fourth-order valence-electron chi connectivity index (χ4n) is 2.85. The maximum atomic E-state index is 12.4. The molecule has 3 aromatic rings. The van der Waals surface area contributed by atoms with E-state index in [1.54, 1.807) is 64.1 Å². The van der Waals surface area contributed by atoms with Gasteiger partial charge in [0.15, 0.2) is 21.5 Å². The minimum Gasteiger partial charge on any atom is -0.394 e. The lowest BCUT2D eigenvalue weighted by Crippen LogP contribution is -2.30. The van der Waals surface area contributed by atoms with Gasteiger partial charge in [-0.2, -0.15) is 0 Å². The summed E-state index contributed by atoms with van der Waals surface area (Å²) < 4.78 is 28.4. The van der Waals surface area contributed by atoms with Crippen molar-refractivity contribution in [2.24, 2.45) is 0 Å². The Kier molecular flexibility index (Phi) is 7.22. The van der Waals surface area contributed by atoms with Crippen LogP contribution in [0.2, 0.25) is 0 Å². The number of nitrogens with one attached hydrogen (secondary N) is 3. The van der Waals surface area contributed by atoms with Crippen LogP contribution >= 0.6 is 0 Å². The Morgan fingerprint density at radius 2 is 1.79 bits per heavy atom. The summed E-state index contributed by atoms with van der Waals surface area (Å²) in [6.07, 6.45) is 1.16. The van der Waals surface area contributed by atoms with Gasteiger partial charge in [0, 0.05) is 35.7 Å². The number of carbonyl (C=O) groups is 1. The lowest BCUT2D eigenvalue weighted by molar-refractivity contribution is 0.262. The van der Waals surface area contributed by atoms with Gasteiger partial charge in [0.1, 0.15) is 16.3 Å². The van der Waals surface area contributed by atoms with Gasteiger partial charge >= 0.3 is 6.03 Å². The van der Waals surface area contributed by atoms with Gasteiger partial charge in [-0.25, -0.2) is 23.2 Å². The largest absolute Gasteiger partial charge is 0.394 e. The van der Waals surface area contributed by atoms with Gasteiger partial charge in [-0.15, -0.1) is 0 Å². The number of amides is 2. The molecule has 0 aliphatic rings. The highest BCUT2D eigenvalue weighted by Gasteiger charge is 2.35.